The van der Waals surface area contributed by atoms with Gasteiger partial charge in [-0.05, 0) is 24.1 Å². The second kappa shape index (κ2) is 10.9. The van der Waals surface area contributed by atoms with Gasteiger partial charge in [0, 0.05) is 40.4 Å². The molecule has 0 heterocycles. The molecule has 0 saturated carbocycles. The van der Waals surface area contributed by atoms with Gasteiger partial charge in [-0.25, -0.2) is 4.99 Å². The normalized spacial score (nSPS) is 12.6. The Kier molecular flexibility index (Phi) is 8.49. The van der Waals surface area contributed by atoms with Crippen LogP contribution in [0.3, 0.4) is 0 Å². The van der Waals surface area contributed by atoms with Crippen LogP contribution in [-0.2, 0) is 23.1 Å². The van der Waals surface area contributed by atoms with Crippen LogP contribution in [0.15, 0.2) is 59.6 Å². The monoisotopic (exact) mass is 377 g/mol. The summed E-state index contributed by atoms with van der Waals surface area (Å²) < 4.78 is 12.2. The van der Waals surface area contributed by atoms with E-state index in [9.17, 15) is 4.21 Å². The Morgan fingerprint density at radius 2 is 1.80 bits per heavy atom. The molecule has 0 aliphatic carbocycles. The summed E-state index contributed by atoms with van der Waals surface area (Å²) in [7, 11) is -0.901. The van der Waals surface area contributed by atoms with Gasteiger partial charge in [-0.15, -0.1) is 0 Å². The third kappa shape index (κ3) is 7.28. The van der Waals surface area contributed by atoms with Crippen LogP contribution in [0.5, 0.6) is 0 Å². The molecule has 1 unspecified atom stereocenters. The van der Waals surface area contributed by atoms with E-state index in [2.05, 4.69) is 15.6 Å². The summed E-state index contributed by atoms with van der Waals surface area (Å²) in [4.78, 5) is 4.54. The lowest BCUT2D eigenvalue weighted by atomic mass is 10.2. The van der Waals surface area contributed by atoms with E-state index in [-0.39, 0.29) is 0 Å². The third-order valence-corrected chi connectivity index (χ3v) is 5.19. The van der Waals surface area contributed by atoms with Gasteiger partial charge in [0.05, 0.1) is 6.54 Å². The number of nitrogens with zero attached hydrogens (tertiary/aromatic N) is 1. The SMILES string of the molecule is CCNC(=NCc1ccccc1Cl)NCCS(=O)Cc1ccccc1. The van der Waals surface area contributed by atoms with Crippen molar-refractivity contribution >= 4 is 28.4 Å². The lowest BCUT2D eigenvalue weighted by molar-refractivity contribution is 0.680. The minimum atomic E-state index is -0.901. The lowest BCUT2D eigenvalue weighted by Crippen LogP contribution is -2.39. The first-order valence-corrected chi connectivity index (χ1v) is 10.2. The first kappa shape index (κ1) is 19.5. The fourth-order valence-corrected chi connectivity index (χ4v) is 3.48. The molecule has 0 bridgehead atoms. The van der Waals surface area contributed by atoms with Crippen molar-refractivity contribution < 1.29 is 4.21 Å². The van der Waals surface area contributed by atoms with Crippen molar-refractivity contribution in [1.29, 1.82) is 0 Å². The quantitative estimate of drug-likeness (QED) is 0.548. The topological polar surface area (TPSA) is 53.5 Å². The summed E-state index contributed by atoms with van der Waals surface area (Å²) in [6, 6.07) is 17.6. The van der Waals surface area contributed by atoms with Crippen molar-refractivity contribution in [3.63, 3.8) is 0 Å². The smallest absolute Gasteiger partial charge is 0.191 e. The molecule has 1 atom stereocenters. The van der Waals surface area contributed by atoms with Crippen molar-refractivity contribution in [3.8, 4) is 0 Å². The molecule has 2 rings (SSSR count). The Labute approximate surface area is 157 Å². The van der Waals surface area contributed by atoms with E-state index in [4.69, 9.17) is 11.6 Å². The van der Waals surface area contributed by atoms with Crippen molar-refractivity contribution in [1.82, 2.24) is 10.6 Å². The van der Waals surface area contributed by atoms with Gasteiger partial charge < -0.3 is 10.6 Å². The Morgan fingerprint density at radius 1 is 1.08 bits per heavy atom. The molecule has 2 N–H and O–H groups in total. The van der Waals surface area contributed by atoms with Crippen LogP contribution >= 0.6 is 11.6 Å². The van der Waals surface area contributed by atoms with Crippen LogP contribution in [0.25, 0.3) is 0 Å². The zero-order valence-corrected chi connectivity index (χ0v) is 15.9. The van der Waals surface area contributed by atoms with Gasteiger partial charge in [0.1, 0.15) is 0 Å². The predicted octanol–water partition coefficient (Wildman–Crippen LogP) is 3.34. The molecule has 4 nitrogen and oxygen atoms in total. The number of hydrogen-bond donors (Lipinski definition) is 2. The maximum atomic E-state index is 12.2. The zero-order chi connectivity index (χ0) is 17.9. The van der Waals surface area contributed by atoms with Crippen molar-refractivity contribution in [2.24, 2.45) is 4.99 Å². The first-order valence-electron chi connectivity index (χ1n) is 8.33. The number of benzene rings is 2. The Morgan fingerprint density at radius 3 is 2.52 bits per heavy atom. The number of halogens is 1. The van der Waals surface area contributed by atoms with Crippen LogP contribution in [0, 0.1) is 0 Å². The Balaban J connectivity index is 1.81. The second-order valence-electron chi connectivity index (χ2n) is 5.49. The van der Waals surface area contributed by atoms with E-state index >= 15 is 0 Å². The van der Waals surface area contributed by atoms with Crippen molar-refractivity contribution in [2.45, 2.75) is 19.2 Å². The van der Waals surface area contributed by atoms with Crippen LogP contribution in [0.4, 0.5) is 0 Å². The molecular weight excluding hydrogens is 354 g/mol. The molecule has 0 fully saturated rings. The van der Waals surface area contributed by atoms with Gasteiger partial charge in [-0.2, -0.15) is 0 Å². The van der Waals surface area contributed by atoms with E-state index in [0.717, 1.165) is 17.7 Å². The molecular formula is C19H24ClN3OS. The number of aliphatic imine (C=N–C) groups is 1. The molecule has 0 radical (unpaired) electrons. The van der Waals surface area contributed by atoms with Crippen LogP contribution in [0.1, 0.15) is 18.1 Å². The van der Waals surface area contributed by atoms with Crippen molar-refractivity contribution in [2.75, 3.05) is 18.8 Å². The fourth-order valence-electron chi connectivity index (χ4n) is 2.25. The van der Waals surface area contributed by atoms with Crippen molar-refractivity contribution in [3.05, 3.63) is 70.7 Å². The summed E-state index contributed by atoms with van der Waals surface area (Å²) in [5.41, 5.74) is 2.08. The molecule has 6 heteroatoms. The van der Waals surface area contributed by atoms with Gasteiger partial charge in [0.2, 0.25) is 0 Å². The number of nitrogens with one attached hydrogen (secondary N) is 2. The molecule has 0 spiro atoms. The minimum Gasteiger partial charge on any atom is -0.357 e. The van der Waals surface area contributed by atoms with Crippen LogP contribution in [0.2, 0.25) is 5.02 Å². The highest BCUT2D eigenvalue weighted by atomic mass is 35.5. The van der Waals surface area contributed by atoms with E-state index in [0.29, 0.717) is 35.6 Å². The van der Waals surface area contributed by atoms with E-state index < -0.39 is 10.8 Å². The molecule has 134 valence electrons. The largest absolute Gasteiger partial charge is 0.357 e. The fraction of sp³-hybridized carbons (Fsp3) is 0.316. The summed E-state index contributed by atoms with van der Waals surface area (Å²) >= 11 is 6.16. The second-order valence-corrected chi connectivity index (χ2v) is 7.47. The maximum absolute atomic E-state index is 12.2. The molecule has 0 amide bonds. The molecule has 25 heavy (non-hydrogen) atoms. The molecule has 0 aliphatic rings. The Hall–Kier alpha value is -1.85. The highest BCUT2D eigenvalue weighted by Crippen LogP contribution is 2.15. The molecule has 0 aliphatic heterocycles. The average Bonchev–Trinajstić information content (AvgIpc) is 2.61. The highest BCUT2D eigenvalue weighted by molar-refractivity contribution is 7.84. The third-order valence-electron chi connectivity index (χ3n) is 3.50. The summed E-state index contributed by atoms with van der Waals surface area (Å²) in [6.07, 6.45) is 0. The van der Waals surface area contributed by atoms with Gasteiger partial charge in [-0.1, -0.05) is 60.1 Å². The van der Waals surface area contributed by atoms with Crippen LogP contribution in [-0.4, -0.2) is 29.0 Å². The van der Waals surface area contributed by atoms with E-state index in [1.54, 1.807) is 0 Å². The van der Waals surface area contributed by atoms with Crippen LogP contribution < -0.4 is 10.6 Å². The first-order chi connectivity index (χ1) is 12.2. The molecule has 0 saturated heterocycles. The summed E-state index contributed by atoms with van der Waals surface area (Å²) in [6.45, 7) is 3.89. The average molecular weight is 378 g/mol. The molecule has 2 aromatic carbocycles. The highest BCUT2D eigenvalue weighted by Gasteiger charge is 2.04. The molecule has 0 aromatic heterocycles. The lowest BCUT2D eigenvalue weighted by Gasteiger charge is -2.11. The molecule has 2 aromatic rings. The Bertz CT molecular complexity index is 707. The standard InChI is InChI=1S/C19H24ClN3OS/c1-2-21-19(23-14-17-10-6-7-11-18(17)20)22-12-13-25(24)15-16-8-4-3-5-9-16/h3-11H,2,12-15H2,1H3,(H2,21,22,23). The summed E-state index contributed by atoms with van der Waals surface area (Å²) in [5.74, 6) is 1.86. The van der Waals surface area contributed by atoms with Gasteiger partial charge in [0.15, 0.2) is 5.96 Å². The number of guanidine groups is 1. The van der Waals surface area contributed by atoms with Gasteiger partial charge >= 0.3 is 0 Å². The predicted molar refractivity (Wildman–Crippen MR) is 107 cm³/mol. The minimum absolute atomic E-state index is 0.502. The van der Waals surface area contributed by atoms with Gasteiger partial charge in [-0.3, -0.25) is 4.21 Å². The number of rotatable bonds is 8. The number of hydrogen-bond acceptors (Lipinski definition) is 2. The van der Waals surface area contributed by atoms with E-state index in [1.807, 2.05) is 61.5 Å². The van der Waals surface area contributed by atoms with Gasteiger partial charge in [0.25, 0.3) is 0 Å². The zero-order valence-electron chi connectivity index (χ0n) is 14.4. The van der Waals surface area contributed by atoms with E-state index in [1.165, 1.54) is 0 Å². The summed E-state index contributed by atoms with van der Waals surface area (Å²) in [5, 5.41) is 7.14. The maximum Gasteiger partial charge on any atom is 0.191 e.